The van der Waals surface area contributed by atoms with Gasteiger partial charge in [0.05, 0.1) is 0 Å². The van der Waals surface area contributed by atoms with Crippen LogP contribution in [-0.4, -0.2) is 55.6 Å². The molecule has 1 aromatic carbocycles. The lowest BCUT2D eigenvalue weighted by atomic mass is 9.96. The van der Waals surface area contributed by atoms with Gasteiger partial charge >= 0.3 is 0 Å². The van der Waals surface area contributed by atoms with Crippen LogP contribution in [0.4, 0.5) is 0 Å². The number of hydrogen-bond donors (Lipinski definition) is 1. The molecule has 0 saturated carbocycles. The Kier molecular flexibility index (Phi) is 5.19. The number of nitrogens with one attached hydrogen (secondary N) is 1. The van der Waals surface area contributed by atoms with E-state index in [1.807, 2.05) is 0 Å². The first-order chi connectivity index (χ1) is 9.52. The summed E-state index contributed by atoms with van der Waals surface area (Å²) in [6.07, 6.45) is 0. The van der Waals surface area contributed by atoms with Gasteiger partial charge in [-0.2, -0.15) is 0 Å². The molecule has 20 heavy (non-hydrogen) atoms. The molecule has 112 valence electrons. The number of aryl methyl sites for hydroxylation is 1. The molecule has 0 aliphatic carbocycles. The van der Waals surface area contributed by atoms with E-state index in [0.717, 1.165) is 13.1 Å². The maximum atomic E-state index is 3.51. The summed E-state index contributed by atoms with van der Waals surface area (Å²) < 4.78 is 0. The van der Waals surface area contributed by atoms with Crippen molar-refractivity contribution in [3.8, 4) is 0 Å². The van der Waals surface area contributed by atoms with Crippen molar-refractivity contribution in [1.82, 2.24) is 15.1 Å². The fourth-order valence-electron chi connectivity index (χ4n) is 3.41. The van der Waals surface area contributed by atoms with Crippen LogP contribution in [-0.2, 0) is 0 Å². The van der Waals surface area contributed by atoms with Gasteiger partial charge in [-0.3, -0.25) is 4.90 Å². The van der Waals surface area contributed by atoms with Crippen LogP contribution in [0.15, 0.2) is 24.3 Å². The molecule has 1 fully saturated rings. The molecule has 0 radical (unpaired) electrons. The van der Waals surface area contributed by atoms with E-state index >= 15 is 0 Å². The Balaban J connectivity index is 2.12. The van der Waals surface area contributed by atoms with Gasteiger partial charge in [0.25, 0.3) is 0 Å². The van der Waals surface area contributed by atoms with Crippen molar-refractivity contribution >= 4 is 0 Å². The largest absolute Gasteiger partial charge is 0.312 e. The fourth-order valence-corrected chi connectivity index (χ4v) is 3.41. The van der Waals surface area contributed by atoms with Gasteiger partial charge < -0.3 is 10.2 Å². The minimum Gasteiger partial charge on any atom is -0.312 e. The van der Waals surface area contributed by atoms with Crippen molar-refractivity contribution < 1.29 is 0 Å². The lowest BCUT2D eigenvalue weighted by Crippen LogP contribution is -2.56. The average Bonchev–Trinajstić information content (AvgIpc) is 2.41. The van der Waals surface area contributed by atoms with Crippen molar-refractivity contribution in [3.63, 3.8) is 0 Å². The third-order valence-corrected chi connectivity index (χ3v) is 4.63. The second-order valence-electron chi connectivity index (χ2n) is 6.27. The SMILES string of the molecule is CNC(c1ccc(C)cc1)C(C)N1CCN(C)CC1C. The van der Waals surface area contributed by atoms with Crippen molar-refractivity contribution in [2.45, 2.75) is 38.9 Å². The van der Waals surface area contributed by atoms with E-state index in [1.54, 1.807) is 0 Å². The van der Waals surface area contributed by atoms with Crippen LogP contribution in [0.25, 0.3) is 0 Å². The van der Waals surface area contributed by atoms with Crippen molar-refractivity contribution in [3.05, 3.63) is 35.4 Å². The zero-order chi connectivity index (χ0) is 14.7. The van der Waals surface area contributed by atoms with Gasteiger partial charge in [-0.15, -0.1) is 0 Å². The maximum Gasteiger partial charge on any atom is 0.0473 e. The Labute approximate surface area is 124 Å². The molecule has 0 spiro atoms. The molecule has 1 aliphatic heterocycles. The number of likely N-dealkylation sites (N-methyl/N-ethyl adjacent to an activating group) is 2. The van der Waals surface area contributed by atoms with Gasteiger partial charge in [0.2, 0.25) is 0 Å². The number of nitrogens with zero attached hydrogens (tertiary/aromatic N) is 2. The molecule has 1 aromatic rings. The summed E-state index contributed by atoms with van der Waals surface area (Å²) >= 11 is 0. The highest BCUT2D eigenvalue weighted by Gasteiger charge is 2.30. The maximum absolute atomic E-state index is 3.51. The molecule has 0 amide bonds. The summed E-state index contributed by atoms with van der Waals surface area (Å²) in [5, 5.41) is 3.51. The predicted molar refractivity (Wildman–Crippen MR) is 86.1 cm³/mol. The van der Waals surface area contributed by atoms with Gasteiger partial charge in [-0.25, -0.2) is 0 Å². The number of benzene rings is 1. The lowest BCUT2D eigenvalue weighted by Gasteiger charge is -2.44. The van der Waals surface area contributed by atoms with Crippen molar-refractivity contribution in [2.75, 3.05) is 33.7 Å². The zero-order valence-electron chi connectivity index (χ0n) is 13.6. The minimum atomic E-state index is 0.390. The van der Waals surface area contributed by atoms with E-state index in [-0.39, 0.29) is 0 Å². The van der Waals surface area contributed by atoms with E-state index in [1.165, 1.54) is 17.7 Å². The molecular formula is C17H29N3. The molecular weight excluding hydrogens is 246 g/mol. The summed E-state index contributed by atoms with van der Waals surface area (Å²) in [5.41, 5.74) is 2.71. The van der Waals surface area contributed by atoms with Crippen LogP contribution in [0.5, 0.6) is 0 Å². The van der Waals surface area contributed by atoms with E-state index in [2.05, 4.69) is 74.2 Å². The third-order valence-electron chi connectivity index (χ3n) is 4.63. The van der Waals surface area contributed by atoms with Crippen LogP contribution >= 0.6 is 0 Å². The highest BCUT2D eigenvalue weighted by Crippen LogP contribution is 2.24. The molecule has 1 aliphatic rings. The van der Waals surface area contributed by atoms with Crippen LogP contribution < -0.4 is 5.32 Å². The first-order valence-corrected chi connectivity index (χ1v) is 7.71. The molecule has 0 bridgehead atoms. The van der Waals surface area contributed by atoms with Gasteiger partial charge in [0, 0.05) is 37.8 Å². The average molecular weight is 275 g/mol. The molecule has 3 heteroatoms. The summed E-state index contributed by atoms with van der Waals surface area (Å²) in [4.78, 5) is 5.06. The third kappa shape index (κ3) is 3.40. The Bertz CT molecular complexity index is 415. The summed E-state index contributed by atoms with van der Waals surface area (Å²) in [5.74, 6) is 0. The van der Waals surface area contributed by atoms with Gasteiger partial charge in [0.15, 0.2) is 0 Å². The lowest BCUT2D eigenvalue weighted by molar-refractivity contribution is 0.0530. The molecule has 3 atom stereocenters. The standard InChI is InChI=1S/C17H29N3/c1-13-6-8-16(9-7-13)17(18-4)15(3)20-11-10-19(5)12-14(20)2/h6-9,14-15,17-18H,10-12H2,1-5H3. The zero-order valence-corrected chi connectivity index (χ0v) is 13.6. The fraction of sp³-hybridized carbons (Fsp3) is 0.647. The molecule has 1 heterocycles. The highest BCUT2D eigenvalue weighted by molar-refractivity contribution is 5.25. The first-order valence-electron chi connectivity index (χ1n) is 7.71. The molecule has 1 N–H and O–H groups in total. The van der Waals surface area contributed by atoms with Gasteiger partial charge in [0.1, 0.15) is 0 Å². The quantitative estimate of drug-likeness (QED) is 0.909. The first kappa shape index (κ1) is 15.5. The summed E-state index contributed by atoms with van der Waals surface area (Å²) in [7, 11) is 4.29. The molecule has 2 rings (SSSR count). The normalized spacial score (nSPS) is 24.6. The number of rotatable bonds is 4. The molecule has 3 nitrogen and oxygen atoms in total. The van der Waals surface area contributed by atoms with Crippen LogP contribution in [0.3, 0.4) is 0 Å². The van der Waals surface area contributed by atoms with Crippen molar-refractivity contribution in [2.24, 2.45) is 0 Å². The van der Waals surface area contributed by atoms with Gasteiger partial charge in [-0.05, 0) is 40.4 Å². The molecule has 1 saturated heterocycles. The predicted octanol–water partition coefficient (Wildman–Crippen LogP) is 2.28. The van der Waals surface area contributed by atoms with Crippen LogP contribution in [0.2, 0.25) is 0 Å². The number of hydrogen-bond acceptors (Lipinski definition) is 3. The van der Waals surface area contributed by atoms with E-state index in [0.29, 0.717) is 18.1 Å². The van der Waals surface area contributed by atoms with E-state index in [9.17, 15) is 0 Å². The summed E-state index contributed by atoms with van der Waals surface area (Å²) in [6, 6.07) is 10.4. The second-order valence-corrected chi connectivity index (χ2v) is 6.27. The topological polar surface area (TPSA) is 18.5 Å². The molecule has 0 aromatic heterocycles. The highest BCUT2D eigenvalue weighted by atomic mass is 15.3. The van der Waals surface area contributed by atoms with Crippen LogP contribution in [0.1, 0.15) is 31.0 Å². The number of piperazine rings is 1. The van der Waals surface area contributed by atoms with E-state index in [4.69, 9.17) is 0 Å². The van der Waals surface area contributed by atoms with Crippen molar-refractivity contribution in [1.29, 1.82) is 0 Å². The van der Waals surface area contributed by atoms with Crippen LogP contribution in [0, 0.1) is 6.92 Å². The summed E-state index contributed by atoms with van der Waals surface area (Å²) in [6.45, 7) is 10.3. The Morgan fingerprint density at radius 2 is 1.85 bits per heavy atom. The monoisotopic (exact) mass is 275 g/mol. The molecule has 3 unspecified atom stereocenters. The Hall–Kier alpha value is -0.900. The Morgan fingerprint density at radius 1 is 1.20 bits per heavy atom. The smallest absolute Gasteiger partial charge is 0.0473 e. The minimum absolute atomic E-state index is 0.390. The second kappa shape index (κ2) is 6.70. The Morgan fingerprint density at radius 3 is 2.40 bits per heavy atom. The van der Waals surface area contributed by atoms with Gasteiger partial charge in [-0.1, -0.05) is 29.8 Å². The van der Waals surface area contributed by atoms with E-state index < -0.39 is 0 Å².